The molecule has 2 aromatic heterocycles. The van der Waals surface area contributed by atoms with Gasteiger partial charge in [-0.25, -0.2) is 0 Å². The van der Waals surface area contributed by atoms with Crippen LogP contribution in [0.2, 0.25) is 0 Å². The highest BCUT2D eigenvalue weighted by molar-refractivity contribution is 5.67. The van der Waals surface area contributed by atoms with E-state index in [2.05, 4.69) is 15.5 Å². The van der Waals surface area contributed by atoms with Crippen molar-refractivity contribution in [1.29, 1.82) is 0 Å². The molecule has 0 spiro atoms. The summed E-state index contributed by atoms with van der Waals surface area (Å²) in [6.45, 7) is 0.972. The average molecular weight is 175 g/mol. The van der Waals surface area contributed by atoms with Gasteiger partial charge in [-0.2, -0.15) is 5.10 Å². The average Bonchev–Trinajstić information content (AvgIpc) is 2.79. The molecule has 0 aromatic carbocycles. The van der Waals surface area contributed by atoms with Gasteiger partial charge in [0.2, 0.25) is 0 Å². The molecule has 0 saturated carbocycles. The molecule has 3 heterocycles. The predicted octanol–water partition coefficient (Wildman–Crippen LogP) is 1.64. The molecule has 0 aliphatic carbocycles. The van der Waals surface area contributed by atoms with E-state index in [1.165, 1.54) is 5.56 Å². The van der Waals surface area contributed by atoms with Crippen LogP contribution in [0.5, 0.6) is 0 Å². The fraction of sp³-hybridized carbons (Fsp3) is 0.222. The number of fused-ring (bicyclic) bond motifs is 1. The van der Waals surface area contributed by atoms with Crippen molar-refractivity contribution in [3.05, 3.63) is 24.0 Å². The number of anilines is 1. The summed E-state index contributed by atoms with van der Waals surface area (Å²) in [4.78, 5) is 0. The van der Waals surface area contributed by atoms with Crippen molar-refractivity contribution >= 4 is 5.82 Å². The van der Waals surface area contributed by atoms with Gasteiger partial charge in [-0.05, 0) is 18.6 Å². The van der Waals surface area contributed by atoms with Crippen LogP contribution in [0.1, 0.15) is 5.56 Å². The van der Waals surface area contributed by atoms with Crippen molar-refractivity contribution in [1.82, 2.24) is 10.2 Å². The van der Waals surface area contributed by atoms with E-state index in [4.69, 9.17) is 4.42 Å². The van der Waals surface area contributed by atoms with Gasteiger partial charge in [-0.15, -0.1) is 0 Å². The van der Waals surface area contributed by atoms with Gasteiger partial charge in [0.1, 0.15) is 5.69 Å². The van der Waals surface area contributed by atoms with Crippen molar-refractivity contribution in [2.45, 2.75) is 6.42 Å². The van der Waals surface area contributed by atoms with Gasteiger partial charge in [0.05, 0.1) is 6.26 Å². The summed E-state index contributed by atoms with van der Waals surface area (Å²) in [5.74, 6) is 1.82. The van der Waals surface area contributed by atoms with Crippen molar-refractivity contribution in [2.75, 3.05) is 11.9 Å². The highest BCUT2D eigenvalue weighted by atomic mass is 16.3. The maximum Gasteiger partial charge on any atom is 0.152 e. The molecule has 0 saturated heterocycles. The molecule has 0 atom stereocenters. The van der Waals surface area contributed by atoms with Crippen molar-refractivity contribution in [2.24, 2.45) is 0 Å². The Bertz CT molecular complexity index is 416. The highest BCUT2D eigenvalue weighted by Crippen LogP contribution is 2.30. The van der Waals surface area contributed by atoms with E-state index in [0.717, 1.165) is 30.2 Å². The normalized spacial score (nSPS) is 14.2. The van der Waals surface area contributed by atoms with E-state index in [0.29, 0.717) is 0 Å². The summed E-state index contributed by atoms with van der Waals surface area (Å²) < 4.78 is 5.30. The van der Waals surface area contributed by atoms with Gasteiger partial charge in [0.25, 0.3) is 0 Å². The molecular formula is C9H9N3O. The van der Waals surface area contributed by atoms with Crippen LogP contribution in [-0.2, 0) is 6.42 Å². The molecular weight excluding hydrogens is 166 g/mol. The molecule has 3 rings (SSSR count). The van der Waals surface area contributed by atoms with E-state index in [1.54, 1.807) is 6.26 Å². The fourth-order valence-corrected chi connectivity index (χ4v) is 1.69. The maximum absolute atomic E-state index is 5.30. The molecule has 13 heavy (non-hydrogen) atoms. The lowest BCUT2D eigenvalue weighted by molar-refractivity contribution is 0.579. The van der Waals surface area contributed by atoms with E-state index in [1.807, 2.05) is 12.1 Å². The Hall–Kier alpha value is -1.71. The summed E-state index contributed by atoms with van der Waals surface area (Å²) in [7, 11) is 0. The summed E-state index contributed by atoms with van der Waals surface area (Å²) >= 11 is 0. The zero-order valence-electron chi connectivity index (χ0n) is 7.00. The number of nitrogens with zero attached hydrogens (tertiary/aromatic N) is 1. The molecule has 0 radical (unpaired) electrons. The first-order valence-electron chi connectivity index (χ1n) is 4.30. The third-order valence-electron chi connectivity index (χ3n) is 2.30. The second kappa shape index (κ2) is 2.39. The third-order valence-corrected chi connectivity index (χ3v) is 2.30. The van der Waals surface area contributed by atoms with E-state index in [-0.39, 0.29) is 0 Å². The summed E-state index contributed by atoms with van der Waals surface area (Å²) in [5.41, 5.74) is 2.24. The topological polar surface area (TPSA) is 53.9 Å². The van der Waals surface area contributed by atoms with Crippen LogP contribution in [0.15, 0.2) is 22.8 Å². The Kier molecular flexibility index (Phi) is 1.24. The second-order valence-electron chi connectivity index (χ2n) is 3.08. The van der Waals surface area contributed by atoms with Crippen LogP contribution in [0.25, 0.3) is 11.5 Å². The Balaban J connectivity index is 2.16. The first kappa shape index (κ1) is 6.77. The van der Waals surface area contributed by atoms with Gasteiger partial charge in [-0.1, -0.05) is 0 Å². The number of aromatic amines is 1. The maximum atomic E-state index is 5.30. The molecule has 2 N–H and O–H groups in total. The zero-order valence-corrected chi connectivity index (χ0v) is 7.00. The molecule has 4 nitrogen and oxygen atoms in total. The van der Waals surface area contributed by atoms with Crippen LogP contribution in [-0.4, -0.2) is 16.7 Å². The van der Waals surface area contributed by atoms with Crippen LogP contribution >= 0.6 is 0 Å². The minimum absolute atomic E-state index is 0.859. The fourth-order valence-electron chi connectivity index (χ4n) is 1.69. The number of H-pyrrole nitrogens is 1. The lowest BCUT2D eigenvalue weighted by Gasteiger charge is -1.92. The van der Waals surface area contributed by atoms with E-state index < -0.39 is 0 Å². The molecule has 1 aliphatic heterocycles. The Morgan fingerprint density at radius 2 is 2.46 bits per heavy atom. The van der Waals surface area contributed by atoms with E-state index in [9.17, 15) is 0 Å². The number of hydrogen-bond acceptors (Lipinski definition) is 3. The number of furan rings is 1. The van der Waals surface area contributed by atoms with Crippen LogP contribution in [0.4, 0.5) is 5.82 Å². The monoisotopic (exact) mass is 175 g/mol. The Morgan fingerprint density at radius 3 is 3.31 bits per heavy atom. The molecule has 0 amide bonds. The van der Waals surface area contributed by atoms with Crippen molar-refractivity contribution < 1.29 is 4.42 Å². The first-order valence-corrected chi connectivity index (χ1v) is 4.30. The number of rotatable bonds is 1. The van der Waals surface area contributed by atoms with Gasteiger partial charge >= 0.3 is 0 Å². The summed E-state index contributed by atoms with van der Waals surface area (Å²) in [5, 5.41) is 10.3. The Labute approximate surface area is 75.0 Å². The summed E-state index contributed by atoms with van der Waals surface area (Å²) in [6.07, 6.45) is 2.69. The molecule has 66 valence electrons. The first-order chi connectivity index (χ1) is 6.45. The SMILES string of the molecule is c1coc(-c2[nH]nc3c2CCN3)c1. The predicted molar refractivity (Wildman–Crippen MR) is 48.5 cm³/mol. The largest absolute Gasteiger partial charge is 0.463 e. The van der Waals surface area contributed by atoms with Crippen molar-refractivity contribution in [3.8, 4) is 11.5 Å². The van der Waals surface area contributed by atoms with Crippen molar-refractivity contribution in [3.63, 3.8) is 0 Å². The Morgan fingerprint density at radius 1 is 1.46 bits per heavy atom. The van der Waals surface area contributed by atoms with Gasteiger partial charge in [0.15, 0.2) is 11.6 Å². The number of aromatic nitrogens is 2. The van der Waals surface area contributed by atoms with E-state index >= 15 is 0 Å². The quantitative estimate of drug-likeness (QED) is 0.692. The van der Waals surface area contributed by atoms with Crippen LogP contribution < -0.4 is 5.32 Å². The van der Waals surface area contributed by atoms with Crippen LogP contribution in [0.3, 0.4) is 0 Å². The third kappa shape index (κ3) is 0.884. The second-order valence-corrected chi connectivity index (χ2v) is 3.08. The standard InChI is InChI=1S/C9H9N3O/c1-2-7(13-5-1)8-6-3-4-10-9(6)12-11-8/h1-2,5H,3-4H2,(H2,10,11,12). The lowest BCUT2D eigenvalue weighted by Crippen LogP contribution is -1.94. The molecule has 2 aromatic rings. The molecule has 1 aliphatic rings. The lowest BCUT2D eigenvalue weighted by atomic mass is 10.2. The molecule has 0 bridgehead atoms. The number of nitrogens with one attached hydrogen (secondary N) is 2. The number of hydrogen-bond donors (Lipinski definition) is 2. The highest BCUT2D eigenvalue weighted by Gasteiger charge is 2.19. The smallest absolute Gasteiger partial charge is 0.152 e. The minimum atomic E-state index is 0.859. The van der Waals surface area contributed by atoms with Crippen LogP contribution in [0, 0.1) is 0 Å². The van der Waals surface area contributed by atoms with Gasteiger partial charge in [0, 0.05) is 12.1 Å². The minimum Gasteiger partial charge on any atom is -0.463 e. The summed E-state index contributed by atoms with van der Waals surface area (Å²) in [6, 6.07) is 3.82. The zero-order chi connectivity index (χ0) is 8.67. The van der Waals surface area contributed by atoms with Gasteiger partial charge < -0.3 is 9.73 Å². The molecule has 0 fully saturated rings. The molecule has 0 unspecified atom stereocenters. The van der Waals surface area contributed by atoms with Gasteiger partial charge in [-0.3, -0.25) is 5.10 Å². The molecule has 4 heteroatoms.